The first-order chi connectivity index (χ1) is 25.3. The summed E-state index contributed by atoms with van der Waals surface area (Å²) in [4.78, 5) is 67.9. The number of hydrogen-bond donors (Lipinski definition) is 5. The molecule has 4 aliphatic rings. The van der Waals surface area contributed by atoms with Crippen LogP contribution >= 0.6 is 0 Å². The van der Waals surface area contributed by atoms with Crippen LogP contribution in [0.25, 0.3) is 0 Å². The van der Waals surface area contributed by atoms with Gasteiger partial charge in [-0.2, -0.15) is 0 Å². The second-order valence-electron chi connectivity index (χ2n) is 15.7. The summed E-state index contributed by atoms with van der Waals surface area (Å²) in [6.07, 6.45) is -10.2. The maximum atomic E-state index is 14.8. The first kappa shape index (κ1) is 39.2. The highest BCUT2D eigenvalue weighted by Crippen LogP contribution is 2.64. The molecule has 2 aromatic carbocycles. The number of nitrogens with one attached hydrogen (secondary N) is 1. The molecule has 3 fully saturated rings. The summed E-state index contributed by atoms with van der Waals surface area (Å²) >= 11 is 0. The lowest BCUT2D eigenvalue weighted by atomic mass is 9.44. The van der Waals surface area contributed by atoms with Crippen LogP contribution in [0.4, 0.5) is 0 Å². The van der Waals surface area contributed by atoms with Gasteiger partial charge in [0.25, 0.3) is 5.91 Å². The molecule has 1 heterocycles. The third kappa shape index (κ3) is 6.04. The number of benzene rings is 2. The molecular formula is C40H47NO13. The number of rotatable bonds is 8. The number of carbonyl (C=O) groups is 5. The van der Waals surface area contributed by atoms with E-state index in [1.807, 2.05) is 0 Å². The first-order valence-electron chi connectivity index (χ1n) is 18.0. The second kappa shape index (κ2) is 14.0. The molecule has 2 aromatic rings. The van der Waals surface area contributed by atoms with Gasteiger partial charge in [-0.15, -0.1) is 0 Å². The average Bonchev–Trinajstić information content (AvgIpc) is 3.13. The number of hydrogen-bond acceptors (Lipinski definition) is 13. The number of esters is 3. The maximum Gasteiger partial charge on any atom is 0.338 e. The number of ether oxygens (including phenoxy) is 4. The van der Waals surface area contributed by atoms with Crippen LogP contribution in [-0.2, 0) is 33.3 Å². The zero-order valence-corrected chi connectivity index (χ0v) is 31.0. The third-order valence-corrected chi connectivity index (χ3v) is 12.3. The van der Waals surface area contributed by atoms with Crippen molar-refractivity contribution in [3.63, 3.8) is 0 Å². The molecule has 2 bridgehead atoms. The van der Waals surface area contributed by atoms with Crippen molar-refractivity contribution in [1.29, 1.82) is 0 Å². The highest BCUT2D eigenvalue weighted by atomic mass is 16.6. The van der Waals surface area contributed by atoms with E-state index in [1.54, 1.807) is 62.4 Å². The Morgan fingerprint density at radius 2 is 1.54 bits per heavy atom. The van der Waals surface area contributed by atoms with Crippen LogP contribution in [0.1, 0.15) is 75.1 Å². The molecule has 11 atom stereocenters. The number of aliphatic hydroxyl groups is 4. The molecule has 0 unspecified atom stereocenters. The minimum atomic E-state index is -2.31. The van der Waals surface area contributed by atoms with Gasteiger partial charge in [-0.05, 0) is 56.2 Å². The first-order valence-corrected chi connectivity index (χ1v) is 18.0. The van der Waals surface area contributed by atoms with Crippen molar-refractivity contribution in [3.8, 4) is 0 Å². The summed E-state index contributed by atoms with van der Waals surface area (Å²) in [7, 11) is 0. The van der Waals surface area contributed by atoms with Gasteiger partial charge < -0.3 is 44.7 Å². The van der Waals surface area contributed by atoms with Crippen molar-refractivity contribution in [2.24, 2.45) is 16.7 Å². The van der Waals surface area contributed by atoms with E-state index in [2.05, 4.69) is 5.32 Å². The molecule has 1 saturated heterocycles. The molecule has 290 valence electrons. The fraction of sp³-hybridized carbons (Fsp3) is 0.525. The van der Waals surface area contributed by atoms with Gasteiger partial charge in [0.1, 0.15) is 30.0 Å². The number of Topliss-reactive ketones (excluding diaryl/α,β-unsaturated/α-hetero) is 1. The van der Waals surface area contributed by atoms with Gasteiger partial charge in [0.05, 0.1) is 35.6 Å². The van der Waals surface area contributed by atoms with Gasteiger partial charge in [0.2, 0.25) is 0 Å². The van der Waals surface area contributed by atoms with E-state index < -0.39 is 107 Å². The predicted octanol–water partition coefficient (Wildman–Crippen LogP) is 1.81. The largest absolute Gasteiger partial charge is 0.456 e. The van der Waals surface area contributed by atoms with E-state index in [1.165, 1.54) is 32.9 Å². The van der Waals surface area contributed by atoms with Gasteiger partial charge in [-0.1, -0.05) is 50.2 Å². The number of aliphatic hydroxyl groups excluding tert-OH is 3. The van der Waals surface area contributed by atoms with Crippen LogP contribution in [0.2, 0.25) is 0 Å². The fourth-order valence-corrected chi connectivity index (χ4v) is 9.15. The Balaban J connectivity index is 1.46. The van der Waals surface area contributed by atoms with Crippen molar-refractivity contribution in [3.05, 3.63) is 82.9 Å². The highest BCUT2D eigenvalue weighted by Gasteiger charge is 2.78. The molecule has 1 amide bonds. The van der Waals surface area contributed by atoms with Gasteiger partial charge >= 0.3 is 17.9 Å². The molecule has 1 aliphatic heterocycles. The monoisotopic (exact) mass is 749 g/mol. The van der Waals surface area contributed by atoms with Crippen LogP contribution in [0.5, 0.6) is 0 Å². The molecule has 54 heavy (non-hydrogen) atoms. The molecule has 2 saturated carbocycles. The van der Waals surface area contributed by atoms with E-state index in [9.17, 15) is 44.4 Å². The van der Waals surface area contributed by atoms with Gasteiger partial charge in [0, 0.05) is 30.7 Å². The van der Waals surface area contributed by atoms with Crippen molar-refractivity contribution in [2.45, 2.75) is 108 Å². The lowest BCUT2D eigenvalue weighted by Gasteiger charge is -2.67. The third-order valence-electron chi connectivity index (χ3n) is 12.3. The molecule has 0 radical (unpaired) electrons. The number of carbonyl (C=O) groups excluding carboxylic acids is 5. The van der Waals surface area contributed by atoms with Gasteiger partial charge in [-0.3, -0.25) is 14.4 Å². The molecule has 3 aliphatic carbocycles. The summed E-state index contributed by atoms with van der Waals surface area (Å²) < 4.78 is 23.9. The van der Waals surface area contributed by atoms with E-state index >= 15 is 0 Å². The minimum absolute atomic E-state index is 0.0416. The van der Waals surface area contributed by atoms with Crippen molar-refractivity contribution >= 4 is 29.6 Å². The second-order valence-corrected chi connectivity index (χ2v) is 15.7. The van der Waals surface area contributed by atoms with E-state index in [4.69, 9.17) is 18.9 Å². The van der Waals surface area contributed by atoms with Crippen molar-refractivity contribution < 1.29 is 63.3 Å². The summed E-state index contributed by atoms with van der Waals surface area (Å²) in [5.41, 5.74) is -7.08. The minimum Gasteiger partial charge on any atom is -0.456 e. The Morgan fingerprint density at radius 3 is 2.09 bits per heavy atom. The predicted molar refractivity (Wildman–Crippen MR) is 188 cm³/mol. The molecule has 14 heteroatoms. The molecule has 14 nitrogen and oxygen atoms in total. The Morgan fingerprint density at radius 1 is 0.944 bits per heavy atom. The van der Waals surface area contributed by atoms with Gasteiger partial charge in [0.15, 0.2) is 17.5 Å². The van der Waals surface area contributed by atoms with E-state index in [0.717, 1.165) is 6.92 Å². The highest BCUT2D eigenvalue weighted by molar-refractivity contribution is 5.95. The van der Waals surface area contributed by atoms with Crippen LogP contribution < -0.4 is 5.32 Å². The lowest BCUT2D eigenvalue weighted by Crippen LogP contribution is -2.81. The molecule has 6 rings (SSSR count). The molecule has 0 aromatic heterocycles. The molecule has 0 spiro atoms. The van der Waals surface area contributed by atoms with E-state index in [0.29, 0.717) is 5.56 Å². The summed E-state index contributed by atoms with van der Waals surface area (Å²) in [6.45, 7) is 8.29. The van der Waals surface area contributed by atoms with Crippen LogP contribution in [-0.4, -0.2) is 110 Å². The average molecular weight is 750 g/mol. The lowest BCUT2D eigenvalue weighted by molar-refractivity contribution is -0.346. The topological polar surface area (TPSA) is 215 Å². The summed E-state index contributed by atoms with van der Waals surface area (Å²) in [5.74, 6) is -5.79. The summed E-state index contributed by atoms with van der Waals surface area (Å²) in [5, 5.41) is 50.7. The number of fused-ring (bicyclic) bond motifs is 5. The SMILES string of the molecule is CC(=O)O[C@@]12CO[C@@H]1C[C@H](O)[C@@]1(C)C(=O)[C@H](O)C3=C(C)[C@@H](OC(=O)[C@H](O)[C@H](C)NC(=O)c4ccccc4)C[C@@](O)([C@@H](OC(=O)c4ccccc4)[C@H]21)C3(C)C. The van der Waals surface area contributed by atoms with Crippen LogP contribution in [0.3, 0.4) is 0 Å². The van der Waals surface area contributed by atoms with Crippen LogP contribution in [0.15, 0.2) is 71.8 Å². The number of amides is 1. The van der Waals surface area contributed by atoms with Crippen molar-refractivity contribution in [1.82, 2.24) is 5.32 Å². The van der Waals surface area contributed by atoms with Crippen molar-refractivity contribution in [2.75, 3.05) is 6.61 Å². The van der Waals surface area contributed by atoms with Gasteiger partial charge in [-0.25, -0.2) is 9.59 Å². The Kier molecular flexibility index (Phi) is 10.2. The molecular weight excluding hydrogens is 702 g/mol. The Bertz CT molecular complexity index is 1860. The zero-order valence-electron chi connectivity index (χ0n) is 31.0. The maximum absolute atomic E-state index is 14.8. The normalized spacial score (nSPS) is 35.0. The standard InChI is InChI=1S/C40H47NO13/c1-20-25(52-36(49)29(44)21(2)41-34(47)23-13-9-7-10-14-23)18-40(50)33(53-35(48)24-15-11-8-12-16-24)31-38(6,32(46)30(45)28(20)37(40,4)5)26(43)17-27-39(31,19-51-27)54-22(3)42/h7-16,21,25-27,29-31,33,43-45,50H,17-19H2,1-6H3,(H,41,47)/t21-,25-,26-,27+,29+,30+,31-,33-,38+,39-,40+/m0/s1. The van der Waals surface area contributed by atoms with E-state index in [-0.39, 0.29) is 29.7 Å². The Labute approximate surface area is 312 Å². The zero-order chi connectivity index (χ0) is 39.5. The smallest absolute Gasteiger partial charge is 0.338 e. The summed E-state index contributed by atoms with van der Waals surface area (Å²) in [6, 6.07) is 14.9. The fourth-order valence-electron chi connectivity index (χ4n) is 9.15. The Hall–Kier alpha value is -4.47. The van der Waals surface area contributed by atoms with Crippen LogP contribution in [0, 0.1) is 16.7 Å². The molecule has 5 N–H and O–H groups in total. The quantitative estimate of drug-likeness (QED) is 0.148. The number of ketones is 1.